The highest BCUT2D eigenvalue weighted by molar-refractivity contribution is 7.68. The fourth-order valence-electron chi connectivity index (χ4n) is 4.17. The Labute approximate surface area is 186 Å². The Morgan fingerprint density at radius 2 is 1.39 bits per heavy atom. The molecule has 0 spiro atoms. The summed E-state index contributed by atoms with van der Waals surface area (Å²) in [6.45, 7) is 7.03. The van der Waals surface area contributed by atoms with Crippen molar-refractivity contribution >= 4 is 24.6 Å². The van der Waals surface area contributed by atoms with Crippen molar-refractivity contribution in [2.24, 2.45) is 0 Å². The maximum Gasteiger partial charge on any atom is 0.130 e. The Hall–Kier alpha value is -2.71. The van der Waals surface area contributed by atoms with E-state index in [4.69, 9.17) is 14.2 Å². The van der Waals surface area contributed by atoms with Crippen LogP contribution in [-0.2, 0) is 0 Å². The van der Waals surface area contributed by atoms with E-state index in [9.17, 15) is 0 Å². The lowest BCUT2D eigenvalue weighted by Gasteiger charge is -2.30. The molecule has 0 radical (unpaired) electrons. The van der Waals surface area contributed by atoms with Crippen molar-refractivity contribution in [3.05, 3.63) is 60.7 Å². The van der Waals surface area contributed by atoms with E-state index in [2.05, 4.69) is 56.0 Å². The molecule has 0 saturated carbocycles. The Balaban J connectivity index is 1.94. The average molecular weight is 436 g/mol. The number of methoxy groups -OCH3 is 3. The molecule has 0 aromatic heterocycles. The summed E-state index contributed by atoms with van der Waals surface area (Å²) in [5, 5.41) is 1.56. The van der Waals surface area contributed by atoms with Gasteiger partial charge in [-0.15, -0.1) is 0 Å². The van der Waals surface area contributed by atoms with Crippen LogP contribution in [0.1, 0.15) is 20.8 Å². The van der Waals surface area contributed by atoms with Gasteiger partial charge in [0, 0.05) is 23.0 Å². The first kappa shape index (κ1) is 21.5. The summed E-state index contributed by atoms with van der Waals surface area (Å²) >= 11 is 0. The number of fused-ring (bicyclic) bond motifs is 1. The molecule has 1 aliphatic heterocycles. The molecule has 31 heavy (non-hydrogen) atoms. The number of benzene rings is 3. The van der Waals surface area contributed by atoms with Gasteiger partial charge in [-0.1, -0.05) is 39.0 Å². The summed E-state index contributed by atoms with van der Waals surface area (Å²) in [6.07, 6.45) is 0.981. The van der Waals surface area contributed by atoms with Crippen LogP contribution in [0.2, 0.25) is 0 Å². The third-order valence-corrected chi connectivity index (χ3v) is 8.94. The molecule has 0 N–H and O–H groups in total. The number of ether oxygens (including phenoxy) is 3. The van der Waals surface area contributed by atoms with Crippen LogP contribution in [0.4, 0.5) is 11.4 Å². The molecule has 1 heterocycles. The molecule has 3 aromatic carbocycles. The second-order valence-corrected chi connectivity index (χ2v) is 11.5. The molecule has 0 saturated heterocycles. The molecule has 1 aliphatic rings. The zero-order valence-electron chi connectivity index (χ0n) is 19.1. The number of hydrogen-bond donors (Lipinski definition) is 0. The van der Waals surface area contributed by atoms with Crippen molar-refractivity contribution in [2.45, 2.75) is 25.9 Å². The van der Waals surface area contributed by atoms with Gasteiger partial charge in [0.1, 0.15) is 17.2 Å². The molecule has 1 atom stereocenters. The molecule has 0 fully saturated rings. The van der Waals surface area contributed by atoms with Crippen LogP contribution in [0.3, 0.4) is 0 Å². The average Bonchev–Trinajstić information content (AvgIpc) is 3.19. The minimum absolute atomic E-state index is 0.149. The van der Waals surface area contributed by atoms with Crippen LogP contribution in [0.15, 0.2) is 60.7 Å². The molecular formula is C26H30NO3P. The standard InChI is InChI=1S/C26H30NO3P/c1-26(2,3)31-17-27(18-13-15-19(28-4)16-14-18)21-10-7-9-20(25(21)31)24-22(29-5)11-8-12-23(24)30-6/h7-16H,17H2,1-6H3. The van der Waals surface area contributed by atoms with Gasteiger partial charge < -0.3 is 19.1 Å². The summed E-state index contributed by atoms with van der Waals surface area (Å²) in [5.41, 5.74) is 4.67. The van der Waals surface area contributed by atoms with Crippen molar-refractivity contribution in [1.29, 1.82) is 0 Å². The van der Waals surface area contributed by atoms with E-state index >= 15 is 0 Å². The normalized spacial score (nSPS) is 15.5. The summed E-state index contributed by atoms with van der Waals surface area (Å²) in [7, 11) is 4.67. The quantitative estimate of drug-likeness (QED) is 0.434. The predicted molar refractivity (Wildman–Crippen MR) is 131 cm³/mol. The van der Waals surface area contributed by atoms with Crippen LogP contribution in [-0.4, -0.2) is 32.8 Å². The Morgan fingerprint density at radius 1 is 0.774 bits per heavy atom. The van der Waals surface area contributed by atoms with Gasteiger partial charge in [-0.2, -0.15) is 0 Å². The van der Waals surface area contributed by atoms with Gasteiger partial charge in [-0.05, 0) is 61.1 Å². The van der Waals surface area contributed by atoms with E-state index in [1.54, 1.807) is 21.3 Å². The Kier molecular flexibility index (Phi) is 5.85. The topological polar surface area (TPSA) is 30.9 Å². The third kappa shape index (κ3) is 3.85. The first-order chi connectivity index (χ1) is 14.9. The molecule has 5 heteroatoms. The molecule has 0 aliphatic carbocycles. The SMILES string of the molecule is COc1ccc(N2CP(C(C)(C)C)c3c(-c4c(OC)cccc4OC)cccc32)cc1. The zero-order valence-corrected chi connectivity index (χ0v) is 20.0. The number of anilines is 2. The number of nitrogens with zero attached hydrogens (tertiary/aromatic N) is 1. The first-order valence-electron chi connectivity index (χ1n) is 10.4. The maximum absolute atomic E-state index is 5.76. The molecule has 0 amide bonds. The molecule has 162 valence electrons. The summed E-state index contributed by atoms with van der Waals surface area (Å²) < 4.78 is 16.9. The van der Waals surface area contributed by atoms with Crippen LogP contribution >= 0.6 is 7.92 Å². The second-order valence-electron chi connectivity index (χ2n) is 8.58. The largest absolute Gasteiger partial charge is 0.497 e. The highest BCUT2D eigenvalue weighted by Crippen LogP contribution is 2.59. The molecule has 0 bridgehead atoms. The molecule has 4 nitrogen and oxygen atoms in total. The van der Waals surface area contributed by atoms with E-state index in [0.717, 1.165) is 29.1 Å². The van der Waals surface area contributed by atoms with Crippen molar-refractivity contribution in [2.75, 3.05) is 32.5 Å². The Bertz CT molecular complexity index is 1050. The predicted octanol–water partition coefficient (Wildman–Crippen LogP) is 6.39. The summed E-state index contributed by atoms with van der Waals surface area (Å²) in [5.74, 6) is 2.53. The molecule has 1 unspecified atom stereocenters. The van der Waals surface area contributed by atoms with Crippen molar-refractivity contribution in [1.82, 2.24) is 0 Å². The van der Waals surface area contributed by atoms with Gasteiger partial charge in [-0.3, -0.25) is 0 Å². The lowest BCUT2D eigenvalue weighted by atomic mass is 10.0. The van der Waals surface area contributed by atoms with Gasteiger partial charge in [0.05, 0.1) is 26.9 Å². The van der Waals surface area contributed by atoms with Crippen molar-refractivity contribution in [3.63, 3.8) is 0 Å². The number of hydrogen-bond acceptors (Lipinski definition) is 4. The monoisotopic (exact) mass is 435 g/mol. The van der Waals surface area contributed by atoms with Crippen molar-refractivity contribution in [3.8, 4) is 28.4 Å². The van der Waals surface area contributed by atoms with Gasteiger partial charge in [0.2, 0.25) is 0 Å². The van der Waals surface area contributed by atoms with Crippen LogP contribution in [0.25, 0.3) is 11.1 Å². The molecule has 3 aromatic rings. The van der Waals surface area contributed by atoms with Crippen LogP contribution in [0.5, 0.6) is 17.2 Å². The van der Waals surface area contributed by atoms with E-state index in [1.165, 1.54) is 22.2 Å². The number of rotatable bonds is 5. The van der Waals surface area contributed by atoms with E-state index < -0.39 is 7.92 Å². The first-order valence-corrected chi connectivity index (χ1v) is 12.0. The third-order valence-electron chi connectivity index (χ3n) is 5.75. The van der Waals surface area contributed by atoms with Crippen LogP contribution < -0.4 is 24.4 Å². The van der Waals surface area contributed by atoms with Crippen LogP contribution in [0, 0.1) is 0 Å². The lowest BCUT2D eigenvalue weighted by Crippen LogP contribution is -2.20. The highest BCUT2D eigenvalue weighted by Gasteiger charge is 2.39. The second kappa shape index (κ2) is 8.43. The smallest absolute Gasteiger partial charge is 0.130 e. The summed E-state index contributed by atoms with van der Waals surface area (Å²) in [6, 6.07) is 20.9. The molecule has 4 rings (SSSR count). The van der Waals surface area contributed by atoms with E-state index in [-0.39, 0.29) is 5.16 Å². The molecular weight excluding hydrogens is 405 g/mol. The minimum atomic E-state index is -0.472. The maximum atomic E-state index is 5.76. The summed E-state index contributed by atoms with van der Waals surface area (Å²) in [4.78, 5) is 2.44. The van der Waals surface area contributed by atoms with Gasteiger partial charge in [-0.25, -0.2) is 0 Å². The fraction of sp³-hybridized carbons (Fsp3) is 0.308. The van der Waals surface area contributed by atoms with Crippen molar-refractivity contribution < 1.29 is 14.2 Å². The fourth-order valence-corrected chi connectivity index (χ4v) is 6.95. The highest BCUT2D eigenvalue weighted by atomic mass is 31.1. The zero-order chi connectivity index (χ0) is 22.2. The van der Waals surface area contributed by atoms with E-state index in [1.807, 2.05) is 30.3 Å². The van der Waals surface area contributed by atoms with Gasteiger partial charge in [0.15, 0.2) is 0 Å². The minimum Gasteiger partial charge on any atom is -0.497 e. The Morgan fingerprint density at radius 3 is 1.94 bits per heavy atom. The lowest BCUT2D eigenvalue weighted by molar-refractivity contribution is 0.397. The van der Waals surface area contributed by atoms with Gasteiger partial charge >= 0.3 is 0 Å². The van der Waals surface area contributed by atoms with Gasteiger partial charge in [0.25, 0.3) is 0 Å². The van der Waals surface area contributed by atoms with E-state index in [0.29, 0.717) is 0 Å².